The highest BCUT2D eigenvalue weighted by Crippen LogP contribution is 2.45. The molecular weight excluding hydrogens is 312 g/mol. The summed E-state index contributed by atoms with van der Waals surface area (Å²) < 4.78 is 0.378. The van der Waals surface area contributed by atoms with Crippen molar-refractivity contribution in [2.45, 2.75) is 23.5 Å². The fraction of sp³-hybridized carbons (Fsp3) is 0.312. The molecule has 120 valence electrons. The van der Waals surface area contributed by atoms with Gasteiger partial charge in [-0.25, -0.2) is 0 Å². The van der Waals surface area contributed by atoms with Gasteiger partial charge in [0.05, 0.1) is 5.69 Å². The van der Waals surface area contributed by atoms with Crippen molar-refractivity contribution in [2.75, 3.05) is 16.8 Å². The summed E-state index contributed by atoms with van der Waals surface area (Å²) >= 11 is 1.28. The van der Waals surface area contributed by atoms with Gasteiger partial charge in [0.2, 0.25) is 0 Å². The molecule has 1 aliphatic heterocycles. The fourth-order valence-corrected chi connectivity index (χ4v) is 3.78. The fourth-order valence-electron chi connectivity index (χ4n) is 2.57. The molecule has 1 aromatic carbocycles. The molecule has 1 aromatic heterocycles. The van der Waals surface area contributed by atoms with E-state index in [0.717, 1.165) is 10.6 Å². The van der Waals surface area contributed by atoms with Crippen LogP contribution in [0.25, 0.3) is 0 Å². The number of hydrogen-bond donors (Lipinski definition) is 1. The van der Waals surface area contributed by atoms with Gasteiger partial charge >= 0.3 is 0 Å². The zero-order valence-corrected chi connectivity index (χ0v) is 14.1. The monoisotopic (exact) mass is 330 g/mol. The van der Waals surface area contributed by atoms with Crippen LogP contribution >= 0.6 is 11.8 Å². The molecule has 1 aliphatic rings. The van der Waals surface area contributed by atoms with E-state index in [2.05, 4.69) is 10.4 Å². The lowest BCUT2D eigenvalue weighted by Crippen LogP contribution is -2.54. The van der Waals surface area contributed by atoms with Crippen LogP contribution in [0, 0.1) is 0 Å². The van der Waals surface area contributed by atoms with Crippen molar-refractivity contribution in [3.63, 3.8) is 0 Å². The number of nitrogens with zero attached hydrogens (tertiary/aromatic N) is 3. The maximum absolute atomic E-state index is 12.9. The molecule has 0 saturated heterocycles. The van der Waals surface area contributed by atoms with Gasteiger partial charge in [0.1, 0.15) is 0 Å². The Hall–Kier alpha value is -2.28. The Bertz CT molecular complexity index is 773. The summed E-state index contributed by atoms with van der Waals surface area (Å²) in [6.45, 7) is 4.08. The number of nitrogens with one attached hydrogen (secondary N) is 1. The molecule has 0 spiro atoms. The van der Waals surface area contributed by atoms with Crippen LogP contribution in [0.2, 0.25) is 0 Å². The van der Waals surface area contributed by atoms with E-state index >= 15 is 0 Å². The zero-order valence-electron chi connectivity index (χ0n) is 13.2. The molecule has 2 aromatic rings. The molecule has 0 bridgehead atoms. The first-order valence-electron chi connectivity index (χ1n) is 7.37. The van der Waals surface area contributed by atoms with Gasteiger partial charge in [0.25, 0.3) is 11.8 Å². The highest BCUT2D eigenvalue weighted by Gasteiger charge is 2.49. The van der Waals surface area contributed by atoms with Crippen LogP contribution in [0.3, 0.4) is 0 Å². The maximum Gasteiger partial charge on any atom is 0.252 e. The third kappa shape index (κ3) is 2.61. The lowest BCUT2D eigenvalue weighted by molar-refractivity contribution is -0.128. The second-order valence-electron chi connectivity index (χ2n) is 5.48. The van der Waals surface area contributed by atoms with E-state index < -0.39 is 4.75 Å². The third-order valence-electron chi connectivity index (χ3n) is 3.83. The van der Waals surface area contributed by atoms with Crippen LogP contribution in [0.1, 0.15) is 13.8 Å². The number of amides is 2. The molecule has 1 N–H and O–H groups in total. The molecule has 23 heavy (non-hydrogen) atoms. The Morgan fingerprint density at radius 3 is 2.74 bits per heavy atom. The molecule has 1 unspecified atom stereocenters. The second kappa shape index (κ2) is 5.73. The predicted molar refractivity (Wildman–Crippen MR) is 90.6 cm³/mol. The Labute approximate surface area is 138 Å². The van der Waals surface area contributed by atoms with Gasteiger partial charge in [0.15, 0.2) is 10.6 Å². The van der Waals surface area contributed by atoms with Gasteiger partial charge in [-0.3, -0.25) is 14.3 Å². The Morgan fingerprint density at radius 1 is 1.35 bits per heavy atom. The Morgan fingerprint density at radius 2 is 2.09 bits per heavy atom. The van der Waals surface area contributed by atoms with Crippen molar-refractivity contribution in [3.8, 4) is 0 Å². The van der Waals surface area contributed by atoms with Crippen LogP contribution < -0.4 is 10.2 Å². The van der Waals surface area contributed by atoms with E-state index in [9.17, 15) is 9.59 Å². The number of rotatable bonds is 3. The van der Waals surface area contributed by atoms with Gasteiger partial charge < -0.3 is 10.2 Å². The van der Waals surface area contributed by atoms with Crippen molar-refractivity contribution < 1.29 is 9.59 Å². The van der Waals surface area contributed by atoms with E-state index in [0.29, 0.717) is 12.4 Å². The number of anilines is 2. The summed E-state index contributed by atoms with van der Waals surface area (Å²) in [5.41, 5.74) is 0.855. The zero-order chi connectivity index (χ0) is 16.6. The average Bonchev–Trinajstić information content (AvgIpc) is 2.93. The number of thioether (sulfide) groups is 1. The normalized spacial score (nSPS) is 20.3. The number of para-hydroxylation sites is 1. The molecule has 0 saturated carbocycles. The van der Waals surface area contributed by atoms with Gasteiger partial charge in [0, 0.05) is 30.8 Å². The van der Waals surface area contributed by atoms with Crippen LogP contribution in [0.15, 0.2) is 41.4 Å². The minimum Gasteiger partial charge on any atom is -0.310 e. The molecule has 2 heterocycles. The average molecular weight is 330 g/mol. The van der Waals surface area contributed by atoms with Crippen LogP contribution in [0.4, 0.5) is 11.5 Å². The third-order valence-corrected chi connectivity index (χ3v) is 5.16. The second-order valence-corrected chi connectivity index (χ2v) is 6.94. The number of hydrogen-bond acceptors (Lipinski definition) is 4. The van der Waals surface area contributed by atoms with E-state index in [-0.39, 0.29) is 11.8 Å². The number of aromatic nitrogens is 2. The number of carbonyl (C=O) groups is 2. The minimum absolute atomic E-state index is 0.211. The summed E-state index contributed by atoms with van der Waals surface area (Å²) in [5.74, 6) is -0.134. The van der Waals surface area contributed by atoms with Crippen molar-refractivity contribution in [3.05, 3.63) is 36.5 Å². The number of carbonyl (C=O) groups excluding carboxylic acids is 2. The van der Waals surface area contributed by atoms with Crippen LogP contribution in [-0.2, 0) is 16.6 Å². The van der Waals surface area contributed by atoms with Gasteiger partial charge in [-0.2, -0.15) is 5.10 Å². The Balaban J connectivity index is 1.94. The molecular formula is C16H18N4O2S. The topological polar surface area (TPSA) is 67.2 Å². The number of aryl methyl sites for hydroxylation is 1. The first kappa shape index (κ1) is 15.6. The largest absolute Gasteiger partial charge is 0.310 e. The first-order valence-corrected chi connectivity index (χ1v) is 8.18. The van der Waals surface area contributed by atoms with Crippen molar-refractivity contribution in [1.29, 1.82) is 0 Å². The molecule has 2 amide bonds. The lowest BCUT2D eigenvalue weighted by atomic mass is 10.1. The maximum atomic E-state index is 12.9. The number of fused-ring (bicyclic) bond motifs is 1. The summed E-state index contributed by atoms with van der Waals surface area (Å²) in [4.78, 5) is 28.2. The molecule has 0 fully saturated rings. The summed E-state index contributed by atoms with van der Waals surface area (Å²) in [5, 5.41) is 6.88. The van der Waals surface area contributed by atoms with Gasteiger partial charge in [-0.1, -0.05) is 23.9 Å². The van der Waals surface area contributed by atoms with E-state index in [1.807, 2.05) is 31.2 Å². The van der Waals surface area contributed by atoms with E-state index in [1.54, 1.807) is 35.8 Å². The smallest absolute Gasteiger partial charge is 0.252 e. The summed E-state index contributed by atoms with van der Waals surface area (Å²) in [7, 11) is 1.77. The number of benzene rings is 1. The Kier molecular flexibility index (Phi) is 3.89. The van der Waals surface area contributed by atoms with Gasteiger partial charge in [-0.15, -0.1) is 0 Å². The standard InChI is InChI=1S/C16H18N4O2S/c1-4-20-11-7-5-6-8-12(11)23-16(2,15(20)22)14(21)17-13-9-10-19(3)18-13/h5-10H,4H2,1-3H3,(H,17,18,21). The highest BCUT2D eigenvalue weighted by atomic mass is 32.2. The van der Waals surface area contributed by atoms with Gasteiger partial charge in [-0.05, 0) is 26.0 Å². The first-order chi connectivity index (χ1) is 11.0. The minimum atomic E-state index is -1.22. The van der Waals surface area contributed by atoms with Crippen molar-refractivity contribution >= 4 is 35.1 Å². The highest BCUT2D eigenvalue weighted by molar-refractivity contribution is 8.02. The molecule has 0 radical (unpaired) electrons. The predicted octanol–water partition coefficient (Wildman–Crippen LogP) is 2.28. The quantitative estimate of drug-likeness (QED) is 0.877. The molecule has 6 nitrogen and oxygen atoms in total. The molecule has 7 heteroatoms. The lowest BCUT2D eigenvalue weighted by Gasteiger charge is -2.38. The van der Waals surface area contributed by atoms with E-state index in [4.69, 9.17) is 0 Å². The summed E-state index contributed by atoms with van der Waals surface area (Å²) in [6.07, 6.45) is 1.74. The molecule has 0 aliphatic carbocycles. The SMILES string of the molecule is CCN1C(=O)C(C)(C(=O)Nc2ccn(C)n2)Sc2ccccc21. The van der Waals surface area contributed by atoms with Crippen molar-refractivity contribution in [2.24, 2.45) is 7.05 Å². The van der Waals surface area contributed by atoms with Crippen LogP contribution in [0.5, 0.6) is 0 Å². The van der Waals surface area contributed by atoms with Crippen molar-refractivity contribution in [1.82, 2.24) is 9.78 Å². The van der Waals surface area contributed by atoms with E-state index in [1.165, 1.54) is 11.8 Å². The van der Waals surface area contributed by atoms with Crippen LogP contribution in [-0.4, -0.2) is 32.9 Å². The molecule has 1 atom stereocenters. The molecule has 3 rings (SSSR count). The summed E-state index contributed by atoms with van der Waals surface area (Å²) in [6, 6.07) is 9.34.